The van der Waals surface area contributed by atoms with E-state index in [-0.39, 0.29) is 0 Å². The second-order valence-electron chi connectivity index (χ2n) is 4.68. The minimum Gasteiger partial charge on any atom is -0.481 e. The molecule has 1 aliphatic carbocycles. The highest BCUT2D eigenvalue weighted by atomic mass is 16.5. The molecule has 0 saturated heterocycles. The van der Waals surface area contributed by atoms with Crippen LogP contribution >= 0.6 is 0 Å². The van der Waals surface area contributed by atoms with Gasteiger partial charge >= 0.3 is 0 Å². The monoisotopic (exact) mass is 235 g/mol. The van der Waals surface area contributed by atoms with Gasteiger partial charge in [-0.1, -0.05) is 0 Å². The zero-order valence-electron chi connectivity index (χ0n) is 10.9. The second kappa shape index (κ2) is 5.45. The number of aromatic nitrogens is 2. The molecule has 0 saturated carbocycles. The molecule has 4 heteroatoms. The number of rotatable bonds is 4. The summed E-state index contributed by atoms with van der Waals surface area (Å²) in [5, 5.41) is 3.21. The molecule has 1 atom stereocenters. The summed E-state index contributed by atoms with van der Waals surface area (Å²) < 4.78 is 5.40. The predicted molar refractivity (Wildman–Crippen MR) is 67.5 cm³/mol. The summed E-state index contributed by atoms with van der Waals surface area (Å²) in [6.07, 6.45) is 5.42. The van der Waals surface area contributed by atoms with E-state index in [2.05, 4.69) is 22.2 Å². The van der Waals surface area contributed by atoms with Gasteiger partial charge in [-0.15, -0.1) is 0 Å². The molecule has 1 aliphatic rings. The van der Waals surface area contributed by atoms with Gasteiger partial charge in [-0.25, -0.2) is 4.98 Å². The molecule has 2 rings (SSSR count). The van der Waals surface area contributed by atoms with Crippen LogP contribution in [-0.2, 0) is 19.3 Å². The van der Waals surface area contributed by atoms with Crippen molar-refractivity contribution in [1.29, 1.82) is 0 Å². The first kappa shape index (κ1) is 12.3. The van der Waals surface area contributed by atoms with Crippen LogP contribution in [0.25, 0.3) is 0 Å². The van der Waals surface area contributed by atoms with Crippen LogP contribution in [-0.4, -0.2) is 30.2 Å². The minimum absolute atomic E-state index is 0.390. The van der Waals surface area contributed by atoms with Gasteiger partial charge in [-0.05, 0) is 39.7 Å². The van der Waals surface area contributed by atoms with Crippen molar-refractivity contribution >= 4 is 0 Å². The summed E-state index contributed by atoms with van der Waals surface area (Å²) in [4.78, 5) is 9.20. The van der Waals surface area contributed by atoms with Gasteiger partial charge in [0.2, 0.25) is 5.88 Å². The Kier molecular flexibility index (Phi) is 3.94. The van der Waals surface area contributed by atoms with E-state index in [9.17, 15) is 0 Å². The number of nitrogens with zero attached hydrogens (tertiary/aromatic N) is 2. The molecule has 1 heterocycles. The van der Waals surface area contributed by atoms with Crippen molar-refractivity contribution < 1.29 is 4.74 Å². The van der Waals surface area contributed by atoms with Crippen molar-refractivity contribution in [3.63, 3.8) is 0 Å². The number of fused-ring (bicyclic) bond motifs is 1. The Hall–Kier alpha value is -1.16. The fraction of sp³-hybridized carbons (Fsp3) is 0.692. The van der Waals surface area contributed by atoms with Gasteiger partial charge in [0, 0.05) is 18.0 Å². The van der Waals surface area contributed by atoms with Crippen LogP contribution in [0.2, 0.25) is 0 Å². The maximum atomic E-state index is 5.40. The summed E-state index contributed by atoms with van der Waals surface area (Å²) in [5.41, 5.74) is 2.42. The number of aryl methyl sites for hydroxylation is 1. The van der Waals surface area contributed by atoms with E-state index in [0.717, 1.165) is 31.0 Å². The Labute approximate surface area is 103 Å². The third-order valence-corrected chi connectivity index (χ3v) is 3.37. The Morgan fingerprint density at radius 2 is 2.06 bits per heavy atom. The molecule has 0 spiro atoms. The van der Waals surface area contributed by atoms with Crippen molar-refractivity contribution in [2.45, 2.75) is 45.1 Å². The highest BCUT2D eigenvalue weighted by Crippen LogP contribution is 2.26. The molecule has 94 valence electrons. The molecule has 1 aromatic heterocycles. The lowest BCUT2D eigenvalue weighted by atomic mass is 9.96. The molecule has 4 nitrogen and oxygen atoms in total. The lowest BCUT2D eigenvalue weighted by Crippen LogP contribution is -2.25. The Morgan fingerprint density at radius 3 is 2.76 bits per heavy atom. The van der Waals surface area contributed by atoms with Crippen molar-refractivity contribution in [1.82, 2.24) is 15.3 Å². The van der Waals surface area contributed by atoms with Crippen LogP contribution in [0.4, 0.5) is 0 Å². The van der Waals surface area contributed by atoms with E-state index >= 15 is 0 Å². The maximum absolute atomic E-state index is 5.40. The average Bonchev–Trinajstić information content (AvgIpc) is 2.37. The van der Waals surface area contributed by atoms with Crippen LogP contribution in [0.15, 0.2) is 0 Å². The zero-order valence-corrected chi connectivity index (χ0v) is 10.9. The van der Waals surface area contributed by atoms with Crippen LogP contribution in [0.3, 0.4) is 0 Å². The molecule has 0 bridgehead atoms. The summed E-state index contributed by atoms with van der Waals surface area (Å²) in [7, 11) is 3.66. The van der Waals surface area contributed by atoms with E-state index in [4.69, 9.17) is 4.74 Å². The van der Waals surface area contributed by atoms with Gasteiger partial charge in [0.1, 0.15) is 5.82 Å². The van der Waals surface area contributed by atoms with Gasteiger partial charge in [-0.2, -0.15) is 4.98 Å². The number of hydrogen-bond donors (Lipinski definition) is 1. The Balaban J connectivity index is 2.29. The van der Waals surface area contributed by atoms with Crippen molar-refractivity contribution in [2.75, 3.05) is 14.2 Å². The lowest BCUT2D eigenvalue weighted by Gasteiger charge is -2.19. The largest absolute Gasteiger partial charge is 0.481 e. The van der Waals surface area contributed by atoms with Gasteiger partial charge in [-0.3, -0.25) is 0 Å². The highest BCUT2D eigenvalue weighted by Gasteiger charge is 2.18. The first-order chi connectivity index (χ1) is 8.24. The van der Waals surface area contributed by atoms with E-state index in [1.54, 1.807) is 7.11 Å². The van der Waals surface area contributed by atoms with Crippen LogP contribution in [0, 0.1) is 0 Å². The normalized spacial score (nSPS) is 16.4. The lowest BCUT2D eigenvalue weighted by molar-refractivity contribution is 0.383. The Morgan fingerprint density at radius 1 is 1.29 bits per heavy atom. The molecule has 1 unspecified atom stereocenters. The van der Waals surface area contributed by atoms with Crippen LogP contribution in [0.1, 0.15) is 36.8 Å². The molecule has 17 heavy (non-hydrogen) atoms. The van der Waals surface area contributed by atoms with Gasteiger partial charge in [0.15, 0.2) is 0 Å². The first-order valence-corrected chi connectivity index (χ1v) is 6.34. The molecule has 0 fully saturated rings. The topological polar surface area (TPSA) is 47.0 Å². The number of nitrogens with one attached hydrogen (secondary N) is 1. The van der Waals surface area contributed by atoms with Crippen LogP contribution < -0.4 is 10.1 Å². The van der Waals surface area contributed by atoms with Crippen LogP contribution in [0.5, 0.6) is 5.88 Å². The van der Waals surface area contributed by atoms with E-state index in [1.165, 1.54) is 24.1 Å². The summed E-state index contributed by atoms with van der Waals surface area (Å²) in [5.74, 6) is 1.68. The fourth-order valence-corrected chi connectivity index (χ4v) is 2.24. The minimum atomic E-state index is 0.390. The third kappa shape index (κ3) is 2.75. The van der Waals surface area contributed by atoms with E-state index < -0.39 is 0 Å². The van der Waals surface area contributed by atoms with E-state index in [1.807, 2.05) is 7.05 Å². The number of ether oxygens (including phenoxy) is 1. The van der Waals surface area contributed by atoms with Gasteiger partial charge in [0.25, 0.3) is 0 Å². The summed E-state index contributed by atoms with van der Waals surface area (Å²) >= 11 is 0. The highest BCUT2D eigenvalue weighted by molar-refractivity contribution is 5.33. The van der Waals surface area contributed by atoms with Crippen molar-refractivity contribution in [3.05, 3.63) is 17.1 Å². The second-order valence-corrected chi connectivity index (χ2v) is 4.68. The Bertz CT molecular complexity index is 375. The molecular weight excluding hydrogens is 214 g/mol. The SMILES string of the molecule is CNC(C)Cc1nc2c(c(OC)n1)CCCC2. The summed E-state index contributed by atoms with van der Waals surface area (Å²) in [6.45, 7) is 2.13. The molecule has 0 aromatic carbocycles. The van der Waals surface area contributed by atoms with E-state index in [0.29, 0.717) is 6.04 Å². The smallest absolute Gasteiger partial charge is 0.219 e. The summed E-state index contributed by atoms with van der Waals surface area (Å²) in [6, 6.07) is 0.390. The van der Waals surface area contributed by atoms with Gasteiger partial charge in [0.05, 0.1) is 12.8 Å². The quantitative estimate of drug-likeness (QED) is 0.859. The van der Waals surface area contributed by atoms with Gasteiger partial charge < -0.3 is 10.1 Å². The molecule has 1 N–H and O–H groups in total. The number of hydrogen-bond acceptors (Lipinski definition) is 4. The van der Waals surface area contributed by atoms with Crippen molar-refractivity contribution in [3.8, 4) is 5.88 Å². The predicted octanol–water partition coefficient (Wildman–Crippen LogP) is 1.51. The average molecular weight is 235 g/mol. The number of methoxy groups -OCH3 is 1. The standard InChI is InChI=1S/C13H21N3O/c1-9(14-2)8-12-15-11-7-5-4-6-10(11)13(16-12)17-3/h9,14H,4-8H2,1-3H3. The fourth-order valence-electron chi connectivity index (χ4n) is 2.24. The third-order valence-electron chi connectivity index (χ3n) is 3.37. The van der Waals surface area contributed by atoms with Crippen molar-refractivity contribution in [2.24, 2.45) is 0 Å². The molecule has 0 radical (unpaired) electrons. The first-order valence-electron chi connectivity index (χ1n) is 6.34. The zero-order chi connectivity index (χ0) is 12.3. The molecule has 0 amide bonds. The molecule has 1 aromatic rings. The number of likely N-dealkylation sites (N-methyl/N-ethyl adjacent to an activating group) is 1. The molecule has 0 aliphatic heterocycles. The maximum Gasteiger partial charge on any atom is 0.219 e. The molecular formula is C13H21N3O.